The van der Waals surface area contributed by atoms with Gasteiger partial charge < -0.3 is 5.32 Å². The lowest BCUT2D eigenvalue weighted by Crippen LogP contribution is -2.17. The van der Waals surface area contributed by atoms with Crippen molar-refractivity contribution in [3.05, 3.63) is 34.0 Å². The molecule has 1 aromatic heterocycles. The van der Waals surface area contributed by atoms with Crippen molar-refractivity contribution in [2.75, 3.05) is 6.54 Å². The van der Waals surface area contributed by atoms with Crippen molar-refractivity contribution < 1.29 is 0 Å². The lowest BCUT2D eigenvalue weighted by Gasteiger charge is -2.09. The van der Waals surface area contributed by atoms with Crippen LogP contribution in [0.4, 0.5) is 0 Å². The highest BCUT2D eigenvalue weighted by molar-refractivity contribution is 7.10. The molecule has 72 valence electrons. The maximum atomic E-state index is 3.45. The summed E-state index contributed by atoms with van der Waals surface area (Å²) in [6, 6.07) is 4.74. The van der Waals surface area contributed by atoms with Crippen LogP contribution in [0.5, 0.6) is 0 Å². The lowest BCUT2D eigenvalue weighted by atomic mass is 10.2. The largest absolute Gasteiger partial charge is 0.306 e. The molecule has 0 amide bonds. The Hall–Kier alpha value is -0.600. The first-order chi connectivity index (χ1) is 6.20. The zero-order valence-corrected chi connectivity index (χ0v) is 9.32. The van der Waals surface area contributed by atoms with Crippen molar-refractivity contribution >= 4 is 11.3 Å². The molecule has 0 bridgehead atoms. The van der Waals surface area contributed by atoms with Crippen molar-refractivity contribution in [3.8, 4) is 0 Å². The van der Waals surface area contributed by atoms with E-state index in [0.29, 0.717) is 6.04 Å². The van der Waals surface area contributed by atoms with E-state index in [1.165, 1.54) is 10.5 Å². The Labute approximate surface area is 84.5 Å². The minimum atomic E-state index is 0.468. The van der Waals surface area contributed by atoms with Crippen molar-refractivity contribution in [3.63, 3.8) is 0 Å². The average Bonchev–Trinajstić information content (AvgIpc) is 2.55. The molecule has 0 fully saturated rings. The van der Waals surface area contributed by atoms with E-state index in [4.69, 9.17) is 0 Å². The van der Waals surface area contributed by atoms with E-state index in [-0.39, 0.29) is 0 Å². The van der Waals surface area contributed by atoms with E-state index >= 15 is 0 Å². The molecule has 1 aromatic rings. The smallest absolute Gasteiger partial charge is 0.0388 e. The standard InChI is InChI=1S/C11H17NS/c1-9(2)6-7-12-10(3)11-5-4-8-13-11/h4-6,8,10,12H,7H2,1-3H3. The van der Waals surface area contributed by atoms with E-state index in [1.54, 1.807) is 11.3 Å². The van der Waals surface area contributed by atoms with Crippen LogP contribution < -0.4 is 5.32 Å². The van der Waals surface area contributed by atoms with Gasteiger partial charge in [-0.2, -0.15) is 0 Å². The van der Waals surface area contributed by atoms with Crippen LogP contribution in [0.3, 0.4) is 0 Å². The number of nitrogens with one attached hydrogen (secondary N) is 1. The molecule has 0 radical (unpaired) electrons. The Kier molecular flexibility index (Phi) is 4.19. The second-order valence-corrected chi connectivity index (χ2v) is 4.41. The molecule has 1 N–H and O–H groups in total. The van der Waals surface area contributed by atoms with Gasteiger partial charge in [-0.1, -0.05) is 17.7 Å². The summed E-state index contributed by atoms with van der Waals surface area (Å²) in [5.41, 5.74) is 1.37. The van der Waals surface area contributed by atoms with Gasteiger partial charge in [0.25, 0.3) is 0 Å². The van der Waals surface area contributed by atoms with Gasteiger partial charge in [0.15, 0.2) is 0 Å². The Morgan fingerprint density at radius 2 is 2.38 bits per heavy atom. The number of hydrogen-bond donors (Lipinski definition) is 1. The summed E-state index contributed by atoms with van der Waals surface area (Å²) in [7, 11) is 0. The minimum absolute atomic E-state index is 0.468. The van der Waals surface area contributed by atoms with E-state index in [1.807, 2.05) is 0 Å². The van der Waals surface area contributed by atoms with Crippen LogP contribution in [0.15, 0.2) is 29.2 Å². The molecule has 0 aliphatic carbocycles. The zero-order valence-electron chi connectivity index (χ0n) is 8.50. The molecule has 0 aliphatic rings. The molecule has 1 atom stereocenters. The van der Waals surface area contributed by atoms with Crippen molar-refractivity contribution in [1.29, 1.82) is 0 Å². The quantitative estimate of drug-likeness (QED) is 0.726. The third-order valence-electron chi connectivity index (χ3n) is 1.90. The van der Waals surface area contributed by atoms with Gasteiger partial charge in [-0.3, -0.25) is 0 Å². The minimum Gasteiger partial charge on any atom is -0.306 e. The second kappa shape index (κ2) is 5.20. The normalized spacial score (nSPS) is 12.5. The van der Waals surface area contributed by atoms with E-state index in [2.05, 4.69) is 49.7 Å². The maximum absolute atomic E-state index is 3.45. The van der Waals surface area contributed by atoms with Crippen LogP contribution in [0.1, 0.15) is 31.7 Å². The fourth-order valence-electron chi connectivity index (χ4n) is 1.08. The lowest BCUT2D eigenvalue weighted by molar-refractivity contribution is 0.626. The van der Waals surface area contributed by atoms with Gasteiger partial charge in [-0.25, -0.2) is 0 Å². The van der Waals surface area contributed by atoms with Crippen molar-refractivity contribution in [1.82, 2.24) is 5.32 Å². The van der Waals surface area contributed by atoms with Gasteiger partial charge in [0.05, 0.1) is 0 Å². The van der Waals surface area contributed by atoms with E-state index in [0.717, 1.165) is 6.54 Å². The predicted molar refractivity (Wildman–Crippen MR) is 60.2 cm³/mol. The predicted octanol–water partition coefficient (Wildman–Crippen LogP) is 3.36. The molecular weight excluding hydrogens is 178 g/mol. The summed E-state index contributed by atoms with van der Waals surface area (Å²) in [4.78, 5) is 1.40. The zero-order chi connectivity index (χ0) is 9.68. The summed E-state index contributed by atoms with van der Waals surface area (Å²) >= 11 is 1.81. The van der Waals surface area contributed by atoms with Crippen LogP contribution in [0, 0.1) is 0 Å². The number of thiophene rings is 1. The monoisotopic (exact) mass is 195 g/mol. The fraction of sp³-hybridized carbons (Fsp3) is 0.455. The Bertz CT molecular complexity index is 258. The molecular formula is C11H17NS. The highest BCUT2D eigenvalue weighted by Crippen LogP contribution is 2.17. The fourth-order valence-corrected chi connectivity index (χ4v) is 1.84. The van der Waals surface area contributed by atoms with Crippen molar-refractivity contribution in [2.24, 2.45) is 0 Å². The van der Waals surface area contributed by atoms with E-state index in [9.17, 15) is 0 Å². The highest BCUT2D eigenvalue weighted by atomic mass is 32.1. The summed E-state index contributed by atoms with van der Waals surface area (Å²) in [5, 5.41) is 5.57. The molecule has 0 aliphatic heterocycles. The summed E-state index contributed by atoms with van der Waals surface area (Å²) in [6.07, 6.45) is 2.21. The highest BCUT2D eigenvalue weighted by Gasteiger charge is 2.02. The van der Waals surface area contributed by atoms with Crippen LogP contribution in [-0.2, 0) is 0 Å². The van der Waals surface area contributed by atoms with E-state index < -0.39 is 0 Å². The first kappa shape index (κ1) is 10.5. The molecule has 0 saturated carbocycles. The molecule has 0 aromatic carbocycles. The average molecular weight is 195 g/mol. The molecule has 1 unspecified atom stereocenters. The number of hydrogen-bond acceptors (Lipinski definition) is 2. The maximum Gasteiger partial charge on any atom is 0.0388 e. The van der Waals surface area contributed by atoms with Gasteiger partial charge in [0, 0.05) is 17.5 Å². The summed E-state index contributed by atoms with van der Waals surface area (Å²) in [6.45, 7) is 7.40. The molecule has 1 heterocycles. The Morgan fingerprint density at radius 3 is 2.92 bits per heavy atom. The van der Waals surface area contributed by atoms with Crippen LogP contribution in [0.25, 0.3) is 0 Å². The third-order valence-corrected chi connectivity index (χ3v) is 2.96. The Balaban J connectivity index is 2.34. The molecule has 0 spiro atoms. The van der Waals surface area contributed by atoms with Crippen molar-refractivity contribution in [2.45, 2.75) is 26.8 Å². The molecule has 2 heteroatoms. The number of allylic oxidation sites excluding steroid dienone is 1. The second-order valence-electron chi connectivity index (χ2n) is 3.43. The first-order valence-corrected chi connectivity index (χ1v) is 5.48. The van der Waals surface area contributed by atoms with Crippen LogP contribution in [0.2, 0.25) is 0 Å². The topological polar surface area (TPSA) is 12.0 Å². The summed E-state index contributed by atoms with van der Waals surface area (Å²) < 4.78 is 0. The number of rotatable bonds is 4. The molecule has 1 rings (SSSR count). The molecule has 1 nitrogen and oxygen atoms in total. The van der Waals surface area contributed by atoms with Gasteiger partial charge in [-0.05, 0) is 32.2 Å². The van der Waals surface area contributed by atoms with Gasteiger partial charge in [-0.15, -0.1) is 11.3 Å². The Morgan fingerprint density at radius 1 is 1.62 bits per heavy atom. The van der Waals surface area contributed by atoms with Crippen LogP contribution >= 0.6 is 11.3 Å². The van der Waals surface area contributed by atoms with Gasteiger partial charge >= 0.3 is 0 Å². The summed E-state index contributed by atoms with van der Waals surface area (Å²) in [5.74, 6) is 0. The van der Waals surface area contributed by atoms with Crippen LogP contribution in [-0.4, -0.2) is 6.54 Å². The molecule has 0 saturated heterocycles. The third kappa shape index (κ3) is 3.75. The van der Waals surface area contributed by atoms with Gasteiger partial charge in [0.1, 0.15) is 0 Å². The molecule has 13 heavy (non-hydrogen) atoms. The SMILES string of the molecule is CC(C)=CCNC(C)c1cccs1. The van der Waals surface area contributed by atoms with Gasteiger partial charge in [0.2, 0.25) is 0 Å². The first-order valence-electron chi connectivity index (χ1n) is 4.60.